The van der Waals surface area contributed by atoms with Gasteiger partial charge in [0.1, 0.15) is 0 Å². The Morgan fingerprint density at radius 2 is 1.95 bits per heavy atom. The van der Waals surface area contributed by atoms with Gasteiger partial charge in [0.2, 0.25) is 11.8 Å². The second-order valence-corrected chi connectivity index (χ2v) is 6.91. The van der Waals surface area contributed by atoms with Crippen LogP contribution in [0.1, 0.15) is 40.0 Å². The summed E-state index contributed by atoms with van der Waals surface area (Å²) in [6.07, 6.45) is 2.83. The lowest BCUT2D eigenvalue weighted by Gasteiger charge is -2.40. The molecule has 5 heteroatoms. The summed E-state index contributed by atoms with van der Waals surface area (Å²) in [6.45, 7) is 8.08. The fourth-order valence-corrected chi connectivity index (χ4v) is 3.17. The Balaban J connectivity index is 2.07. The standard InChI is InChI=1S/C14H25N3O2/c1-13(2)5-4-7-16-10(13)11(18)17-8-6-14(3,9-17)12(15)19/h10,16H,4-9H2,1-3H3,(H2,15,19). The van der Waals surface area contributed by atoms with Crippen molar-refractivity contribution in [1.82, 2.24) is 10.2 Å². The number of hydrogen-bond acceptors (Lipinski definition) is 3. The number of piperidine rings is 1. The van der Waals surface area contributed by atoms with Crippen molar-refractivity contribution in [3.63, 3.8) is 0 Å². The van der Waals surface area contributed by atoms with Crippen LogP contribution in [0, 0.1) is 10.8 Å². The van der Waals surface area contributed by atoms with Gasteiger partial charge in [-0.3, -0.25) is 9.59 Å². The second-order valence-electron chi connectivity index (χ2n) is 6.91. The molecule has 0 spiro atoms. The van der Waals surface area contributed by atoms with Crippen molar-refractivity contribution in [3.05, 3.63) is 0 Å². The molecule has 0 saturated carbocycles. The molecule has 2 atom stereocenters. The smallest absolute Gasteiger partial charge is 0.240 e. The van der Waals surface area contributed by atoms with Gasteiger partial charge in [-0.2, -0.15) is 0 Å². The normalized spacial score (nSPS) is 34.3. The molecule has 2 aliphatic heterocycles. The lowest BCUT2D eigenvalue weighted by molar-refractivity contribution is -0.137. The van der Waals surface area contributed by atoms with Crippen LogP contribution in [-0.4, -0.2) is 42.4 Å². The molecule has 0 radical (unpaired) electrons. The van der Waals surface area contributed by atoms with Gasteiger partial charge in [-0.1, -0.05) is 13.8 Å². The van der Waals surface area contributed by atoms with Crippen LogP contribution in [0.5, 0.6) is 0 Å². The van der Waals surface area contributed by atoms with Crippen molar-refractivity contribution in [2.45, 2.75) is 46.1 Å². The zero-order valence-electron chi connectivity index (χ0n) is 12.2. The van der Waals surface area contributed by atoms with E-state index in [1.165, 1.54) is 0 Å². The van der Waals surface area contributed by atoms with Gasteiger partial charge in [-0.05, 0) is 38.1 Å². The number of rotatable bonds is 2. The molecule has 2 unspecified atom stereocenters. The summed E-state index contributed by atoms with van der Waals surface area (Å²) in [5.74, 6) is -0.187. The number of nitrogens with two attached hydrogens (primary N) is 1. The molecular formula is C14H25N3O2. The number of nitrogens with one attached hydrogen (secondary N) is 1. The molecule has 5 nitrogen and oxygen atoms in total. The maximum absolute atomic E-state index is 12.6. The van der Waals surface area contributed by atoms with E-state index in [1.54, 1.807) is 4.90 Å². The molecular weight excluding hydrogens is 242 g/mol. The molecule has 19 heavy (non-hydrogen) atoms. The second kappa shape index (κ2) is 4.78. The molecule has 0 aromatic heterocycles. The summed E-state index contributed by atoms with van der Waals surface area (Å²) >= 11 is 0. The van der Waals surface area contributed by atoms with Crippen LogP contribution in [0.25, 0.3) is 0 Å². The largest absolute Gasteiger partial charge is 0.369 e. The molecule has 3 N–H and O–H groups in total. The van der Waals surface area contributed by atoms with Gasteiger partial charge < -0.3 is 16.0 Å². The quantitative estimate of drug-likeness (QED) is 0.764. The van der Waals surface area contributed by atoms with Crippen molar-refractivity contribution in [2.24, 2.45) is 16.6 Å². The number of primary amides is 1. The van der Waals surface area contributed by atoms with E-state index in [0.717, 1.165) is 19.4 Å². The number of hydrogen-bond donors (Lipinski definition) is 2. The highest BCUT2D eigenvalue weighted by molar-refractivity contribution is 5.86. The van der Waals surface area contributed by atoms with E-state index in [2.05, 4.69) is 19.2 Å². The van der Waals surface area contributed by atoms with Crippen molar-refractivity contribution < 1.29 is 9.59 Å². The Morgan fingerprint density at radius 3 is 2.47 bits per heavy atom. The van der Waals surface area contributed by atoms with E-state index in [-0.39, 0.29) is 23.3 Å². The lowest BCUT2D eigenvalue weighted by Crippen LogP contribution is -2.56. The minimum Gasteiger partial charge on any atom is -0.369 e. The molecule has 2 saturated heterocycles. The van der Waals surface area contributed by atoms with Crippen molar-refractivity contribution >= 4 is 11.8 Å². The molecule has 2 heterocycles. The van der Waals surface area contributed by atoms with E-state index >= 15 is 0 Å². The van der Waals surface area contributed by atoms with E-state index in [1.807, 2.05) is 6.92 Å². The first-order valence-corrected chi connectivity index (χ1v) is 7.08. The van der Waals surface area contributed by atoms with Crippen LogP contribution in [0.4, 0.5) is 0 Å². The van der Waals surface area contributed by atoms with Gasteiger partial charge in [-0.15, -0.1) is 0 Å². The first kappa shape index (κ1) is 14.3. The highest BCUT2D eigenvalue weighted by Crippen LogP contribution is 2.34. The van der Waals surface area contributed by atoms with Gasteiger partial charge in [-0.25, -0.2) is 0 Å². The Hall–Kier alpha value is -1.10. The Morgan fingerprint density at radius 1 is 1.26 bits per heavy atom. The minimum absolute atomic E-state index is 0.0267. The summed E-state index contributed by atoms with van der Waals surface area (Å²) in [5.41, 5.74) is 4.85. The SMILES string of the molecule is CC1(C(N)=O)CCN(C(=O)C2NCCCC2(C)C)C1. The topological polar surface area (TPSA) is 75.4 Å². The van der Waals surface area contributed by atoms with Gasteiger partial charge in [0.05, 0.1) is 11.5 Å². The Bertz CT molecular complexity index is 394. The summed E-state index contributed by atoms with van der Waals surface area (Å²) < 4.78 is 0. The van der Waals surface area contributed by atoms with E-state index < -0.39 is 5.41 Å². The van der Waals surface area contributed by atoms with Crippen LogP contribution in [0.2, 0.25) is 0 Å². The fourth-order valence-electron chi connectivity index (χ4n) is 3.17. The summed E-state index contributed by atoms with van der Waals surface area (Å²) in [4.78, 5) is 25.9. The summed E-state index contributed by atoms with van der Waals surface area (Å²) in [7, 11) is 0. The van der Waals surface area contributed by atoms with Crippen LogP contribution < -0.4 is 11.1 Å². The predicted octanol–water partition coefficient (Wildman–Crippen LogP) is 0.488. The summed E-state index contributed by atoms with van der Waals surface area (Å²) in [6, 6.07) is -0.142. The lowest BCUT2D eigenvalue weighted by atomic mass is 9.77. The van der Waals surface area contributed by atoms with E-state index in [9.17, 15) is 9.59 Å². The maximum Gasteiger partial charge on any atom is 0.240 e. The number of amides is 2. The van der Waals surface area contributed by atoms with Crippen molar-refractivity contribution in [1.29, 1.82) is 0 Å². The van der Waals surface area contributed by atoms with Crippen LogP contribution in [-0.2, 0) is 9.59 Å². The summed E-state index contributed by atoms with van der Waals surface area (Å²) in [5, 5.41) is 3.34. The van der Waals surface area contributed by atoms with Crippen LogP contribution >= 0.6 is 0 Å². The molecule has 2 rings (SSSR count). The van der Waals surface area contributed by atoms with Crippen LogP contribution in [0.15, 0.2) is 0 Å². The fraction of sp³-hybridized carbons (Fsp3) is 0.857. The molecule has 0 aromatic carbocycles. The highest BCUT2D eigenvalue weighted by atomic mass is 16.2. The van der Waals surface area contributed by atoms with E-state index in [4.69, 9.17) is 5.73 Å². The molecule has 108 valence electrons. The Kier molecular flexibility index (Phi) is 3.60. The zero-order chi connectivity index (χ0) is 14.3. The number of carbonyl (C=O) groups excluding carboxylic acids is 2. The van der Waals surface area contributed by atoms with Crippen LogP contribution in [0.3, 0.4) is 0 Å². The van der Waals surface area contributed by atoms with Gasteiger partial charge in [0.25, 0.3) is 0 Å². The van der Waals surface area contributed by atoms with Gasteiger partial charge in [0, 0.05) is 13.1 Å². The average Bonchev–Trinajstić information content (AvgIpc) is 2.72. The van der Waals surface area contributed by atoms with E-state index in [0.29, 0.717) is 19.5 Å². The third-order valence-electron chi connectivity index (χ3n) is 4.75. The molecule has 0 aliphatic carbocycles. The zero-order valence-corrected chi connectivity index (χ0v) is 12.2. The van der Waals surface area contributed by atoms with Crippen molar-refractivity contribution in [3.8, 4) is 0 Å². The average molecular weight is 267 g/mol. The molecule has 0 bridgehead atoms. The number of likely N-dealkylation sites (tertiary alicyclic amines) is 1. The first-order valence-electron chi connectivity index (χ1n) is 7.08. The molecule has 0 aromatic rings. The van der Waals surface area contributed by atoms with Crippen molar-refractivity contribution in [2.75, 3.05) is 19.6 Å². The molecule has 2 aliphatic rings. The molecule has 2 fully saturated rings. The first-order chi connectivity index (χ1) is 8.76. The van der Waals surface area contributed by atoms with Gasteiger partial charge in [0.15, 0.2) is 0 Å². The minimum atomic E-state index is -0.561. The third-order valence-corrected chi connectivity index (χ3v) is 4.75. The number of nitrogens with zero attached hydrogens (tertiary/aromatic N) is 1. The van der Waals surface area contributed by atoms with Gasteiger partial charge >= 0.3 is 0 Å². The highest BCUT2D eigenvalue weighted by Gasteiger charge is 2.45. The monoisotopic (exact) mass is 267 g/mol. The third kappa shape index (κ3) is 2.61. The Labute approximate surface area is 114 Å². The molecule has 2 amide bonds. The number of carbonyl (C=O) groups is 2. The maximum atomic E-state index is 12.6. The predicted molar refractivity (Wildman–Crippen MR) is 73.3 cm³/mol.